The van der Waals surface area contributed by atoms with Gasteiger partial charge in [-0.05, 0) is 44.2 Å². The summed E-state index contributed by atoms with van der Waals surface area (Å²) in [4.78, 5) is 11.9. The Morgan fingerprint density at radius 2 is 1.96 bits per heavy atom. The highest BCUT2D eigenvalue weighted by Crippen LogP contribution is 2.29. The van der Waals surface area contributed by atoms with Gasteiger partial charge in [0.15, 0.2) is 11.5 Å². The Balaban J connectivity index is 1.66. The summed E-state index contributed by atoms with van der Waals surface area (Å²) < 4.78 is 10.5. The van der Waals surface area contributed by atoms with Crippen molar-refractivity contribution in [2.24, 2.45) is 0 Å². The fourth-order valence-electron chi connectivity index (χ4n) is 2.85. The Kier molecular flexibility index (Phi) is 7.46. The molecule has 0 saturated carbocycles. The van der Waals surface area contributed by atoms with E-state index in [0.717, 1.165) is 18.7 Å². The van der Waals surface area contributed by atoms with E-state index < -0.39 is 0 Å². The zero-order chi connectivity index (χ0) is 17.2. The number of amides is 1. The number of benzene rings is 1. The van der Waals surface area contributed by atoms with E-state index in [2.05, 4.69) is 16.7 Å². The zero-order valence-corrected chi connectivity index (χ0v) is 14.7. The van der Waals surface area contributed by atoms with E-state index in [1.807, 2.05) is 18.2 Å². The van der Waals surface area contributed by atoms with Gasteiger partial charge in [0.2, 0.25) is 5.91 Å². The SMILES string of the molecule is COc1ccc(NCCC(=O)NCCC2=CCCCC2)cc1OC. The molecular weight excluding hydrogens is 304 g/mol. The Labute approximate surface area is 144 Å². The molecule has 0 unspecified atom stereocenters. The van der Waals surface area contributed by atoms with E-state index in [1.54, 1.807) is 14.2 Å². The van der Waals surface area contributed by atoms with Crippen molar-refractivity contribution in [3.63, 3.8) is 0 Å². The van der Waals surface area contributed by atoms with Crippen molar-refractivity contribution in [1.29, 1.82) is 0 Å². The molecule has 1 aliphatic rings. The number of ether oxygens (including phenoxy) is 2. The van der Waals surface area contributed by atoms with Gasteiger partial charge in [0.25, 0.3) is 0 Å². The molecule has 0 aromatic heterocycles. The molecule has 0 atom stereocenters. The van der Waals surface area contributed by atoms with E-state index in [-0.39, 0.29) is 5.91 Å². The molecule has 2 N–H and O–H groups in total. The van der Waals surface area contributed by atoms with Crippen LogP contribution in [0.3, 0.4) is 0 Å². The fraction of sp³-hybridized carbons (Fsp3) is 0.526. The highest BCUT2D eigenvalue weighted by molar-refractivity contribution is 5.76. The maximum atomic E-state index is 11.9. The number of methoxy groups -OCH3 is 2. The minimum absolute atomic E-state index is 0.0828. The third-order valence-electron chi connectivity index (χ3n) is 4.22. The van der Waals surface area contributed by atoms with E-state index in [1.165, 1.54) is 31.3 Å². The number of carbonyl (C=O) groups is 1. The molecule has 0 radical (unpaired) electrons. The van der Waals surface area contributed by atoms with Crippen molar-refractivity contribution in [2.45, 2.75) is 38.5 Å². The van der Waals surface area contributed by atoms with Crippen LogP contribution in [0.1, 0.15) is 38.5 Å². The Morgan fingerprint density at radius 3 is 2.67 bits per heavy atom. The van der Waals surface area contributed by atoms with Crippen LogP contribution in [0.15, 0.2) is 29.8 Å². The fourth-order valence-corrected chi connectivity index (χ4v) is 2.85. The standard InChI is InChI=1S/C19H28N2O3/c1-23-17-9-8-16(14-18(17)24-2)20-13-11-19(22)21-12-10-15-6-4-3-5-7-15/h6,8-9,14,20H,3-5,7,10-13H2,1-2H3,(H,21,22). The molecule has 24 heavy (non-hydrogen) atoms. The van der Waals surface area contributed by atoms with Crippen LogP contribution in [-0.4, -0.2) is 33.2 Å². The largest absolute Gasteiger partial charge is 0.493 e. The van der Waals surface area contributed by atoms with Crippen LogP contribution >= 0.6 is 0 Å². The summed E-state index contributed by atoms with van der Waals surface area (Å²) >= 11 is 0. The van der Waals surface area contributed by atoms with Crippen molar-refractivity contribution < 1.29 is 14.3 Å². The lowest BCUT2D eigenvalue weighted by molar-refractivity contribution is -0.120. The Bertz CT molecular complexity index is 570. The molecule has 0 fully saturated rings. The normalized spacial score (nSPS) is 13.8. The lowest BCUT2D eigenvalue weighted by Crippen LogP contribution is -2.26. The number of nitrogens with one attached hydrogen (secondary N) is 2. The highest BCUT2D eigenvalue weighted by Gasteiger charge is 2.06. The lowest BCUT2D eigenvalue weighted by atomic mass is 9.97. The molecule has 0 saturated heterocycles. The number of allylic oxidation sites excluding steroid dienone is 1. The predicted octanol–water partition coefficient (Wildman–Crippen LogP) is 3.51. The molecule has 1 aromatic carbocycles. The van der Waals surface area contributed by atoms with Crippen LogP contribution in [0.25, 0.3) is 0 Å². The average molecular weight is 332 g/mol. The van der Waals surface area contributed by atoms with Crippen molar-refractivity contribution in [2.75, 3.05) is 32.6 Å². The van der Waals surface area contributed by atoms with Gasteiger partial charge in [-0.1, -0.05) is 11.6 Å². The third kappa shape index (κ3) is 5.80. The molecule has 0 spiro atoms. The summed E-state index contributed by atoms with van der Waals surface area (Å²) in [6, 6.07) is 5.63. The van der Waals surface area contributed by atoms with Crippen molar-refractivity contribution in [1.82, 2.24) is 5.32 Å². The maximum absolute atomic E-state index is 11.9. The van der Waals surface area contributed by atoms with Gasteiger partial charge in [0.1, 0.15) is 0 Å². The molecule has 0 heterocycles. The molecule has 1 aliphatic carbocycles. The molecule has 0 aliphatic heterocycles. The first-order valence-electron chi connectivity index (χ1n) is 8.63. The van der Waals surface area contributed by atoms with Crippen LogP contribution in [-0.2, 0) is 4.79 Å². The Hall–Kier alpha value is -2.17. The molecular formula is C19H28N2O3. The minimum atomic E-state index is 0.0828. The number of hydrogen-bond acceptors (Lipinski definition) is 4. The third-order valence-corrected chi connectivity index (χ3v) is 4.22. The smallest absolute Gasteiger partial charge is 0.221 e. The lowest BCUT2D eigenvalue weighted by Gasteiger charge is -2.13. The summed E-state index contributed by atoms with van der Waals surface area (Å²) in [5.74, 6) is 1.45. The monoisotopic (exact) mass is 332 g/mol. The summed E-state index contributed by atoms with van der Waals surface area (Å²) in [5, 5.41) is 6.23. The van der Waals surface area contributed by atoms with Gasteiger partial charge in [-0.2, -0.15) is 0 Å². The van der Waals surface area contributed by atoms with Gasteiger partial charge in [-0.25, -0.2) is 0 Å². The quantitative estimate of drug-likeness (QED) is 0.679. The first-order chi connectivity index (χ1) is 11.7. The van der Waals surface area contributed by atoms with Gasteiger partial charge in [-0.15, -0.1) is 0 Å². The summed E-state index contributed by atoms with van der Waals surface area (Å²) in [6.07, 6.45) is 8.73. The van der Waals surface area contributed by atoms with Crippen molar-refractivity contribution in [3.05, 3.63) is 29.8 Å². The Morgan fingerprint density at radius 1 is 1.12 bits per heavy atom. The molecule has 132 valence electrons. The van der Waals surface area contributed by atoms with E-state index >= 15 is 0 Å². The van der Waals surface area contributed by atoms with Gasteiger partial charge in [0.05, 0.1) is 14.2 Å². The van der Waals surface area contributed by atoms with Crippen LogP contribution in [0.4, 0.5) is 5.69 Å². The van der Waals surface area contributed by atoms with Gasteiger partial charge in [-0.3, -0.25) is 4.79 Å². The minimum Gasteiger partial charge on any atom is -0.493 e. The molecule has 1 amide bonds. The van der Waals surface area contributed by atoms with Gasteiger partial charge >= 0.3 is 0 Å². The van der Waals surface area contributed by atoms with Crippen LogP contribution in [0, 0.1) is 0 Å². The zero-order valence-electron chi connectivity index (χ0n) is 14.7. The summed E-state index contributed by atoms with van der Waals surface area (Å²) in [7, 11) is 3.22. The van der Waals surface area contributed by atoms with Gasteiger partial charge in [0, 0.05) is 31.3 Å². The van der Waals surface area contributed by atoms with Crippen LogP contribution in [0.2, 0.25) is 0 Å². The average Bonchev–Trinajstić information content (AvgIpc) is 2.62. The number of hydrogen-bond donors (Lipinski definition) is 2. The summed E-state index contributed by atoms with van der Waals surface area (Å²) in [5.41, 5.74) is 2.40. The molecule has 0 bridgehead atoms. The molecule has 2 rings (SSSR count). The maximum Gasteiger partial charge on any atom is 0.221 e. The predicted molar refractivity (Wildman–Crippen MR) is 96.8 cm³/mol. The van der Waals surface area contributed by atoms with Gasteiger partial charge < -0.3 is 20.1 Å². The van der Waals surface area contributed by atoms with E-state index in [0.29, 0.717) is 24.5 Å². The second kappa shape index (κ2) is 9.85. The molecule has 5 nitrogen and oxygen atoms in total. The van der Waals surface area contributed by atoms with E-state index in [9.17, 15) is 4.79 Å². The van der Waals surface area contributed by atoms with Crippen LogP contribution < -0.4 is 20.1 Å². The summed E-state index contributed by atoms with van der Waals surface area (Å²) in [6.45, 7) is 1.32. The second-order valence-electron chi connectivity index (χ2n) is 5.95. The number of carbonyl (C=O) groups excluding carboxylic acids is 1. The molecule has 5 heteroatoms. The highest BCUT2D eigenvalue weighted by atomic mass is 16.5. The van der Waals surface area contributed by atoms with Crippen molar-refractivity contribution in [3.8, 4) is 11.5 Å². The van der Waals surface area contributed by atoms with Crippen LogP contribution in [0.5, 0.6) is 11.5 Å². The second-order valence-corrected chi connectivity index (χ2v) is 5.95. The van der Waals surface area contributed by atoms with Crippen molar-refractivity contribution >= 4 is 11.6 Å². The topological polar surface area (TPSA) is 59.6 Å². The van der Waals surface area contributed by atoms with E-state index in [4.69, 9.17) is 9.47 Å². The molecule has 1 aromatic rings. The first kappa shape index (κ1) is 18.2. The number of rotatable bonds is 9. The first-order valence-corrected chi connectivity index (χ1v) is 8.63. The number of anilines is 1.